The summed E-state index contributed by atoms with van der Waals surface area (Å²) in [6.45, 7) is 2.15. The number of nitrogens with one attached hydrogen (secondary N) is 1. The highest BCUT2D eigenvalue weighted by Crippen LogP contribution is 2.15. The largest absolute Gasteiger partial charge is 0.486 e. The molecule has 1 aromatic rings. The smallest absolute Gasteiger partial charge is 0.157 e. The molecule has 1 N–H and O–H groups in total. The van der Waals surface area contributed by atoms with Crippen LogP contribution < -0.4 is 4.74 Å². The Hall–Kier alpha value is -1.03. The third kappa shape index (κ3) is 1.58. The molecule has 1 aromatic heterocycles. The first-order valence-corrected chi connectivity index (χ1v) is 4.18. The van der Waals surface area contributed by atoms with Crippen molar-refractivity contribution in [1.82, 2.24) is 15.1 Å². The quantitative estimate of drug-likeness (QED) is 0.697. The molecule has 1 unspecified atom stereocenters. The normalized spacial score (nSPS) is 24.6. The van der Waals surface area contributed by atoms with E-state index >= 15 is 0 Å². The third-order valence-electron chi connectivity index (χ3n) is 2.12. The first-order chi connectivity index (χ1) is 5.84. The van der Waals surface area contributed by atoms with Gasteiger partial charge in [0.2, 0.25) is 0 Å². The SMILES string of the molecule is CN1CCC(Oc2cn[nH]c2)C1. The van der Waals surface area contributed by atoms with Gasteiger partial charge in [-0.2, -0.15) is 5.10 Å². The van der Waals surface area contributed by atoms with Crippen LogP contribution in [0, 0.1) is 0 Å². The molecule has 0 spiro atoms. The molecule has 0 saturated carbocycles. The van der Waals surface area contributed by atoms with Crippen molar-refractivity contribution < 1.29 is 4.74 Å². The van der Waals surface area contributed by atoms with E-state index in [2.05, 4.69) is 22.1 Å². The Kier molecular flexibility index (Phi) is 1.99. The molecule has 0 amide bonds. The van der Waals surface area contributed by atoms with E-state index in [4.69, 9.17) is 4.74 Å². The van der Waals surface area contributed by atoms with Gasteiger partial charge < -0.3 is 9.64 Å². The number of rotatable bonds is 2. The first-order valence-electron chi connectivity index (χ1n) is 4.18. The number of aromatic nitrogens is 2. The van der Waals surface area contributed by atoms with Crippen LogP contribution >= 0.6 is 0 Å². The van der Waals surface area contributed by atoms with Crippen molar-refractivity contribution in [1.29, 1.82) is 0 Å². The fraction of sp³-hybridized carbons (Fsp3) is 0.625. The standard InChI is InChI=1S/C8H13N3O/c1-11-3-2-7(6-11)12-8-4-9-10-5-8/h4-5,7H,2-3,6H2,1H3,(H,9,10). The highest BCUT2D eigenvalue weighted by molar-refractivity contribution is 5.11. The van der Waals surface area contributed by atoms with Crippen LogP contribution in [0.15, 0.2) is 12.4 Å². The van der Waals surface area contributed by atoms with Crippen molar-refractivity contribution in [3.05, 3.63) is 12.4 Å². The van der Waals surface area contributed by atoms with E-state index in [1.54, 1.807) is 12.4 Å². The summed E-state index contributed by atoms with van der Waals surface area (Å²) in [6, 6.07) is 0. The molecule has 0 bridgehead atoms. The van der Waals surface area contributed by atoms with Gasteiger partial charge in [0.15, 0.2) is 5.75 Å². The van der Waals surface area contributed by atoms with Crippen molar-refractivity contribution in [2.24, 2.45) is 0 Å². The van der Waals surface area contributed by atoms with Crippen LogP contribution in [0.3, 0.4) is 0 Å². The molecule has 4 nitrogen and oxygen atoms in total. The Morgan fingerprint density at radius 3 is 3.25 bits per heavy atom. The van der Waals surface area contributed by atoms with Crippen molar-refractivity contribution in [3.63, 3.8) is 0 Å². The summed E-state index contributed by atoms with van der Waals surface area (Å²) in [5.74, 6) is 0.843. The second kappa shape index (κ2) is 3.15. The van der Waals surface area contributed by atoms with E-state index in [0.717, 1.165) is 25.3 Å². The second-order valence-corrected chi connectivity index (χ2v) is 3.22. The summed E-state index contributed by atoms with van der Waals surface area (Å²) in [4.78, 5) is 2.27. The van der Waals surface area contributed by atoms with Gasteiger partial charge in [0.25, 0.3) is 0 Å². The monoisotopic (exact) mass is 167 g/mol. The van der Waals surface area contributed by atoms with Crippen molar-refractivity contribution in [3.8, 4) is 5.75 Å². The van der Waals surface area contributed by atoms with E-state index in [9.17, 15) is 0 Å². The van der Waals surface area contributed by atoms with E-state index in [0.29, 0.717) is 6.10 Å². The van der Waals surface area contributed by atoms with Gasteiger partial charge in [-0.05, 0) is 13.5 Å². The molecule has 1 saturated heterocycles. The van der Waals surface area contributed by atoms with Gasteiger partial charge in [0, 0.05) is 13.1 Å². The number of H-pyrrole nitrogens is 1. The van der Waals surface area contributed by atoms with Crippen LogP contribution in [-0.4, -0.2) is 41.3 Å². The maximum atomic E-state index is 5.65. The summed E-state index contributed by atoms with van der Waals surface area (Å²) in [7, 11) is 2.11. The van der Waals surface area contributed by atoms with Crippen molar-refractivity contribution in [2.75, 3.05) is 20.1 Å². The molecule has 1 fully saturated rings. The Morgan fingerprint density at radius 1 is 1.75 bits per heavy atom. The number of aromatic amines is 1. The predicted molar refractivity (Wildman–Crippen MR) is 45.1 cm³/mol. The zero-order valence-corrected chi connectivity index (χ0v) is 7.16. The van der Waals surface area contributed by atoms with Crippen molar-refractivity contribution in [2.45, 2.75) is 12.5 Å². The minimum atomic E-state index is 0.340. The molecule has 66 valence electrons. The summed E-state index contributed by atoms with van der Waals surface area (Å²) >= 11 is 0. The van der Waals surface area contributed by atoms with Crippen LogP contribution in [0.25, 0.3) is 0 Å². The maximum absolute atomic E-state index is 5.65. The summed E-state index contributed by atoms with van der Waals surface area (Å²) < 4.78 is 5.65. The Morgan fingerprint density at radius 2 is 2.67 bits per heavy atom. The molecule has 2 heterocycles. The predicted octanol–water partition coefficient (Wildman–Crippen LogP) is 0.493. The number of hydrogen-bond donors (Lipinski definition) is 1. The van der Waals surface area contributed by atoms with Gasteiger partial charge in [0.1, 0.15) is 6.10 Å². The summed E-state index contributed by atoms with van der Waals surface area (Å²) in [6.07, 6.45) is 4.94. The molecule has 1 aliphatic rings. The zero-order chi connectivity index (χ0) is 8.39. The molecule has 0 aliphatic carbocycles. The third-order valence-corrected chi connectivity index (χ3v) is 2.12. The molecular weight excluding hydrogens is 154 g/mol. The van der Waals surface area contributed by atoms with Gasteiger partial charge in [-0.3, -0.25) is 5.10 Å². The minimum Gasteiger partial charge on any atom is -0.486 e. The van der Waals surface area contributed by atoms with Gasteiger partial charge >= 0.3 is 0 Å². The van der Waals surface area contributed by atoms with Crippen LogP contribution in [0.1, 0.15) is 6.42 Å². The number of hydrogen-bond acceptors (Lipinski definition) is 3. The van der Waals surface area contributed by atoms with Crippen molar-refractivity contribution >= 4 is 0 Å². The lowest BCUT2D eigenvalue weighted by Crippen LogP contribution is -2.21. The molecule has 1 atom stereocenters. The number of likely N-dealkylation sites (tertiary alicyclic amines) is 1. The second-order valence-electron chi connectivity index (χ2n) is 3.22. The average molecular weight is 167 g/mol. The summed E-state index contributed by atoms with van der Waals surface area (Å²) in [5.41, 5.74) is 0. The molecule has 0 radical (unpaired) electrons. The lowest BCUT2D eigenvalue weighted by atomic mass is 10.3. The van der Waals surface area contributed by atoms with E-state index in [1.807, 2.05) is 0 Å². The van der Waals surface area contributed by atoms with Gasteiger partial charge in [0.05, 0.1) is 12.4 Å². The molecule has 1 aliphatic heterocycles. The topological polar surface area (TPSA) is 41.1 Å². The average Bonchev–Trinajstić information content (AvgIpc) is 2.63. The first kappa shape index (κ1) is 7.61. The van der Waals surface area contributed by atoms with Gasteiger partial charge in [-0.1, -0.05) is 0 Å². The maximum Gasteiger partial charge on any atom is 0.157 e. The Bertz CT molecular complexity index is 234. The lowest BCUT2D eigenvalue weighted by molar-refractivity contribution is 0.208. The van der Waals surface area contributed by atoms with E-state index in [1.165, 1.54) is 0 Å². The number of ether oxygens (including phenoxy) is 1. The highest BCUT2D eigenvalue weighted by Gasteiger charge is 2.20. The minimum absolute atomic E-state index is 0.340. The fourth-order valence-electron chi connectivity index (χ4n) is 1.49. The molecule has 12 heavy (non-hydrogen) atoms. The van der Waals surface area contributed by atoms with E-state index in [-0.39, 0.29) is 0 Å². The fourth-order valence-corrected chi connectivity index (χ4v) is 1.49. The Balaban J connectivity index is 1.88. The van der Waals surface area contributed by atoms with E-state index < -0.39 is 0 Å². The van der Waals surface area contributed by atoms with Gasteiger partial charge in [-0.15, -0.1) is 0 Å². The molecule has 4 heteroatoms. The van der Waals surface area contributed by atoms with Crippen LogP contribution in [-0.2, 0) is 0 Å². The van der Waals surface area contributed by atoms with Gasteiger partial charge in [-0.25, -0.2) is 0 Å². The summed E-state index contributed by atoms with van der Waals surface area (Å²) in [5, 5.41) is 6.55. The zero-order valence-electron chi connectivity index (χ0n) is 7.16. The number of likely N-dealkylation sites (N-methyl/N-ethyl adjacent to an activating group) is 1. The Labute approximate surface area is 71.5 Å². The van der Waals surface area contributed by atoms with Crippen LogP contribution in [0.2, 0.25) is 0 Å². The molecular formula is C8H13N3O. The molecule has 0 aromatic carbocycles. The molecule has 2 rings (SSSR count). The highest BCUT2D eigenvalue weighted by atomic mass is 16.5. The number of nitrogens with zero attached hydrogens (tertiary/aromatic N) is 2. The lowest BCUT2D eigenvalue weighted by Gasteiger charge is -2.11. The van der Waals surface area contributed by atoms with Crippen LogP contribution in [0.5, 0.6) is 5.75 Å². The van der Waals surface area contributed by atoms with Crippen LogP contribution in [0.4, 0.5) is 0 Å².